The number of furan rings is 1. The predicted molar refractivity (Wildman–Crippen MR) is 115 cm³/mol. The molecule has 0 saturated carbocycles. The Bertz CT molecular complexity index is 951. The van der Waals surface area contributed by atoms with Gasteiger partial charge in [-0.05, 0) is 49.1 Å². The maximum Gasteiger partial charge on any atom is 0.291 e. The zero-order valence-corrected chi connectivity index (χ0v) is 18.3. The van der Waals surface area contributed by atoms with Gasteiger partial charge in [0.15, 0.2) is 17.3 Å². The Morgan fingerprint density at radius 1 is 1.13 bits per heavy atom. The molecule has 1 aliphatic rings. The number of methoxy groups -OCH3 is 3. The molecule has 1 fully saturated rings. The Morgan fingerprint density at radius 3 is 2.52 bits per heavy atom. The summed E-state index contributed by atoms with van der Waals surface area (Å²) in [5.74, 6) is 1.03. The molecular weight excluding hydrogens is 400 g/mol. The summed E-state index contributed by atoms with van der Waals surface area (Å²) >= 11 is 0. The Kier molecular flexibility index (Phi) is 7.23. The summed E-state index contributed by atoms with van der Waals surface area (Å²) < 4.78 is 21.5. The molecule has 1 saturated heterocycles. The number of ether oxygens (including phenoxy) is 3. The van der Waals surface area contributed by atoms with Crippen LogP contribution in [0, 0.1) is 5.92 Å². The number of nitrogens with one attached hydrogen (secondary N) is 1. The van der Waals surface area contributed by atoms with E-state index in [1.807, 2.05) is 0 Å². The normalized spacial score (nSPS) is 16.6. The number of benzene rings is 1. The van der Waals surface area contributed by atoms with Gasteiger partial charge in [-0.2, -0.15) is 0 Å². The molecule has 0 aliphatic carbocycles. The second-order valence-electron chi connectivity index (χ2n) is 7.41. The van der Waals surface area contributed by atoms with Crippen molar-refractivity contribution in [1.82, 2.24) is 10.2 Å². The van der Waals surface area contributed by atoms with Gasteiger partial charge < -0.3 is 28.8 Å². The first-order chi connectivity index (χ1) is 15.0. The summed E-state index contributed by atoms with van der Waals surface area (Å²) in [5, 5.41) is 2.71. The number of hydrogen-bond acceptors (Lipinski definition) is 6. The standard InChI is InChI=1S/C23H28N2O6/c1-15-7-5-11-25(14-15)23(27)17(24-22(26)19-8-6-12-31-19)13-16-9-10-18(28-2)21(30-4)20(16)29-3/h6,8-10,12-13,15H,5,7,11,14H2,1-4H3,(H,24,26). The molecular formula is C23H28N2O6. The second kappa shape index (κ2) is 10.1. The van der Waals surface area contributed by atoms with Crippen molar-refractivity contribution >= 4 is 17.9 Å². The number of hydrogen-bond donors (Lipinski definition) is 1. The van der Waals surface area contributed by atoms with Crippen LogP contribution in [0.3, 0.4) is 0 Å². The van der Waals surface area contributed by atoms with Crippen LogP contribution in [0.25, 0.3) is 6.08 Å². The van der Waals surface area contributed by atoms with Crippen LogP contribution >= 0.6 is 0 Å². The van der Waals surface area contributed by atoms with Crippen LogP contribution < -0.4 is 19.5 Å². The lowest BCUT2D eigenvalue weighted by molar-refractivity contribution is -0.129. The van der Waals surface area contributed by atoms with Crippen molar-refractivity contribution in [2.75, 3.05) is 34.4 Å². The number of nitrogens with zero attached hydrogens (tertiary/aromatic N) is 1. The van der Waals surface area contributed by atoms with Crippen LogP contribution in [0.15, 0.2) is 40.6 Å². The van der Waals surface area contributed by atoms with Crippen LogP contribution in [0.1, 0.15) is 35.9 Å². The van der Waals surface area contributed by atoms with Crippen LogP contribution in [0.2, 0.25) is 0 Å². The summed E-state index contributed by atoms with van der Waals surface area (Å²) in [4.78, 5) is 27.7. The average Bonchev–Trinajstić information content (AvgIpc) is 3.32. The molecule has 1 unspecified atom stereocenters. The van der Waals surface area contributed by atoms with Gasteiger partial charge in [-0.15, -0.1) is 0 Å². The second-order valence-corrected chi connectivity index (χ2v) is 7.41. The minimum absolute atomic E-state index is 0.116. The maximum atomic E-state index is 13.3. The van der Waals surface area contributed by atoms with Gasteiger partial charge in [0.2, 0.25) is 5.75 Å². The molecule has 1 aliphatic heterocycles. The Balaban J connectivity index is 2.02. The minimum atomic E-state index is -0.505. The lowest BCUT2D eigenvalue weighted by Gasteiger charge is -2.31. The monoisotopic (exact) mass is 428 g/mol. The fourth-order valence-electron chi connectivity index (χ4n) is 3.68. The lowest BCUT2D eigenvalue weighted by atomic mass is 10.00. The molecule has 2 aromatic rings. The van der Waals surface area contributed by atoms with Gasteiger partial charge in [0, 0.05) is 18.7 Å². The van der Waals surface area contributed by atoms with E-state index in [-0.39, 0.29) is 17.4 Å². The van der Waals surface area contributed by atoms with E-state index in [9.17, 15) is 9.59 Å². The molecule has 31 heavy (non-hydrogen) atoms. The van der Waals surface area contributed by atoms with Crippen molar-refractivity contribution in [3.63, 3.8) is 0 Å². The number of likely N-dealkylation sites (tertiary alicyclic amines) is 1. The summed E-state index contributed by atoms with van der Waals surface area (Å²) in [6, 6.07) is 6.61. The molecule has 2 heterocycles. The lowest BCUT2D eigenvalue weighted by Crippen LogP contribution is -2.43. The summed E-state index contributed by atoms with van der Waals surface area (Å²) in [7, 11) is 4.54. The first-order valence-corrected chi connectivity index (χ1v) is 10.1. The SMILES string of the molecule is COc1ccc(C=C(NC(=O)c2ccco2)C(=O)N2CCCC(C)C2)c(OC)c1OC. The largest absolute Gasteiger partial charge is 0.493 e. The molecule has 0 radical (unpaired) electrons. The van der Waals surface area contributed by atoms with Crippen molar-refractivity contribution in [2.24, 2.45) is 5.92 Å². The zero-order valence-electron chi connectivity index (χ0n) is 18.3. The molecule has 1 N–H and O–H groups in total. The third-order valence-electron chi connectivity index (χ3n) is 5.20. The van der Waals surface area contributed by atoms with E-state index < -0.39 is 5.91 Å². The van der Waals surface area contributed by atoms with Crippen LogP contribution in [0.5, 0.6) is 17.2 Å². The van der Waals surface area contributed by atoms with E-state index in [2.05, 4.69) is 12.2 Å². The highest BCUT2D eigenvalue weighted by Gasteiger charge is 2.26. The number of amides is 2. The molecule has 1 aromatic carbocycles. The third-order valence-corrected chi connectivity index (χ3v) is 5.20. The van der Waals surface area contributed by atoms with Crippen molar-refractivity contribution in [2.45, 2.75) is 19.8 Å². The van der Waals surface area contributed by atoms with E-state index >= 15 is 0 Å². The number of carbonyl (C=O) groups excluding carboxylic acids is 2. The molecule has 1 atom stereocenters. The van der Waals surface area contributed by atoms with Crippen molar-refractivity contribution < 1.29 is 28.2 Å². The first-order valence-electron chi connectivity index (χ1n) is 10.1. The Hall–Kier alpha value is -3.42. The van der Waals surface area contributed by atoms with Gasteiger partial charge in [-0.3, -0.25) is 9.59 Å². The molecule has 2 amide bonds. The Labute approximate surface area is 181 Å². The minimum Gasteiger partial charge on any atom is -0.493 e. The van der Waals surface area contributed by atoms with E-state index in [1.54, 1.807) is 29.2 Å². The van der Waals surface area contributed by atoms with Gasteiger partial charge in [0.1, 0.15) is 5.70 Å². The molecule has 0 spiro atoms. The fourth-order valence-corrected chi connectivity index (χ4v) is 3.68. The van der Waals surface area contributed by atoms with Crippen LogP contribution in [0.4, 0.5) is 0 Å². The van der Waals surface area contributed by atoms with Crippen molar-refractivity contribution in [3.05, 3.63) is 47.5 Å². The summed E-state index contributed by atoms with van der Waals surface area (Å²) in [5.41, 5.74) is 0.689. The van der Waals surface area contributed by atoms with Gasteiger partial charge in [-0.1, -0.05) is 6.92 Å². The Morgan fingerprint density at radius 2 is 1.90 bits per heavy atom. The molecule has 8 heteroatoms. The summed E-state index contributed by atoms with van der Waals surface area (Å²) in [6.07, 6.45) is 4.99. The van der Waals surface area contributed by atoms with E-state index in [4.69, 9.17) is 18.6 Å². The van der Waals surface area contributed by atoms with Gasteiger partial charge in [0.25, 0.3) is 11.8 Å². The zero-order chi connectivity index (χ0) is 22.4. The van der Waals surface area contributed by atoms with Crippen LogP contribution in [-0.4, -0.2) is 51.1 Å². The van der Waals surface area contributed by atoms with Crippen LogP contribution in [-0.2, 0) is 4.79 Å². The molecule has 0 bridgehead atoms. The molecule has 166 valence electrons. The number of carbonyl (C=O) groups is 2. The fraction of sp³-hybridized carbons (Fsp3) is 0.391. The van der Waals surface area contributed by atoms with Gasteiger partial charge in [-0.25, -0.2) is 0 Å². The first kappa shape index (κ1) is 22.3. The van der Waals surface area contributed by atoms with Crippen molar-refractivity contribution in [3.8, 4) is 17.2 Å². The molecule has 1 aromatic heterocycles. The number of rotatable bonds is 7. The van der Waals surface area contributed by atoms with Gasteiger partial charge >= 0.3 is 0 Å². The maximum absolute atomic E-state index is 13.3. The third kappa shape index (κ3) is 5.02. The van der Waals surface area contributed by atoms with E-state index in [0.29, 0.717) is 41.8 Å². The van der Waals surface area contributed by atoms with Crippen molar-refractivity contribution in [1.29, 1.82) is 0 Å². The predicted octanol–water partition coefficient (Wildman–Crippen LogP) is 3.33. The average molecular weight is 428 g/mol. The highest BCUT2D eigenvalue weighted by Crippen LogP contribution is 2.40. The highest BCUT2D eigenvalue weighted by atomic mass is 16.5. The summed E-state index contributed by atoms with van der Waals surface area (Å²) in [6.45, 7) is 3.39. The molecule has 8 nitrogen and oxygen atoms in total. The quantitative estimate of drug-likeness (QED) is 0.681. The number of piperidine rings is 1. The van der Waals surface area contributed by atoms with E-state index in [0.717, 1.165) is 12.8 Å². The molecule has 3 rings (SSSR count). The smallest absolute Gasteiger partial charge is 0.291 e. The highest BCUT2D eigenvalue weighted by molar-refractivity contribution is 6.04. The topological polar surface area (TPSA) is 90.2 Å². The van der Waals surface area contributed by atoms with E-state index in [1.165, 1.54) is 33.7 Å². The van der Waals surface area contributed by atoms with Gasteiger partial charge in [0.05, 0.1) is 27.6 Å².